The van der Waals surface area contributed by atoms with Crippen molar-refractivity contribution in [3.05, 3.63) is 41.7 Å². The van der Waals surface area contributed by atoms with E-state index in [4.69, 9.17) is 0 Å². The van der Waals surface area contributed by atoms with Crippen LogP contribution < -0.4 is 5.32 Å². The maximum atomic E-state index is 12.8. The second-order valence-corrected chi connectivity index (χ2v) is 9.71. The summed E-state index contributed by atoms with van der Waals surface area (Å²) in [4.78, 5) is 15.0. The average Bonchev–Trinajstić information content (AvgIpc) is 3.11. The first kappa shape index (κ1) is 22.8. The molecule has 1 aromatic carbocycles. The van der Waals surface area contributed by atoms with Crippen LogP contribution in [0.3, 0.4) is 0 Å². The van der Waals surface area contributed by atoms with Crippen LogP contribution in [0, 0.1) is 0 Å². The zero-order valence-electron chi connectivity index (χ0n) is 18.7. The van der Waals surface area contributed by atoms with Gasteiger partial charge in [0.05, 0.1) is 17.8 Å². The molecular formula is C23H35N5OS. The Morgan fingerprint density at radius 1 is 1.20 bits per heavy atom. The van der Waals surface area contributed by atoms with Crippen molar-refractivity contribution in [2.75, 3.05) is 14.1 Å². The normalized spacial score (nSPS) is 17.1. The molecule has 2 aromatic rings. The van der Waals surface area contributed by atoms with E-state index in [0.717, 1.165) is 30.2 Å². The third kappa shape index (κ3) is 5.85. The third-order valence-corrected chi connectivity index (χ3v) is 6.92. The summed E-state index contributed by atoms with van der Waals surface area (Å²) < 4.78 is 2.18. The van der Waals surface area contributed by atoms with Crippen LogP contribution in [-0.2, 0) is 11.3 Å². The number of amides is 1. The average molecular weight is 430 g/mol. The number of rotatable bonds is 9. The number of benzene rings is 1. The molecule has 2 atom stereocenters. The predicted molar refractivity (Wildman–Crippen MR) is 123 cm³/mol. The highest BCUT2D eigenvalue weighted by atomic mass is 32.2. The molecule has 3 rings (SSSR count). The molecule has 0 radical (unpaired) electrons. The number of carbonyl (C=O) groups is 1. The lowest BCUT2D eigenvalue weighted by molar-refractivity contribution is -0.121. The number of hydrogen-bond acceptors (Lipinski definition) is 5. The molecule has 1 saturated carbocycles. The van der Waals surface area contributed by atoms with Crippen LogP contribution in [0.4, 0.5) is 0 Å². The van der Waals surface area contributed by atoms with Crippen LogP contribution in [0.5, 0.6) is 0 Å². The molecule has 0 bridgehead atoms. The first-order valence-electron chi connectivity index (χ1n) is 11.1. The molecule has 1 aliphatic carbocycles. The molecule has 1 aliphatic rings. The summed E-state index contributed by atoms with van der Waals surface area (Å²) in [5.41, 5.74) is 1.20. The van der Waals surface area contributed by atoms with Crippen molar-refractivity contribution >= 4 is 17.7 Å². The van der Waals surface area contributed by atoms with Crippen molar-refractivity contribution in [3.8, 4) is 0 Å². The van der Waals surface area contributed by atoms with Gasteiger partial charge < -0.3 is 9.88 Å². The van der Waals surface area contributed by atoms with E-state index in [1.54, 1.807) is 0 Å². The van der Waals surface area contributed by atoms with Crippen LogP contribution in [0.25, 0.3) is 0 Å². The van der Waals surface area contributed by atoms with E-state index >= 15 is 0 Å². The maximum absolute atomic E-state index is 12.8. The Hall–Kier alpha value is -1.86. The molecule has 164 valence electrons. The van der Waals surface area contributed by atoms with Crippen molar-refractivity contribution in [2.45, 2.75) is 81.4 Å². The van der Waals surface area contributed by atoms with Gasteiger partial charge in [0.15, 0.2) is 11.0 Å². The number of carbonyl (C=O) groups excluding carboxylic acids is 1. The Morgan fingerprint density at radius 2 is 1.90 bits per heavy atom. The zero-order valence-corrected chi connectivity index (χ0v) is 19.5. The minimum atomic E-state index is -0.210. The topological polar surface area (TPSA) is 63.1 Å². The summed E-state index contributed by atoms with van der Waals surface area (Å²) in [5, 5.41) is 12.9. The molecule has 30 heavy (non-hydrogen) atoms. The second-order valence-electron chi connectivity index (χ2n) is 8.40. The number of nitrogens with zero attached hydrogens (tertiary/aromatic N) is 4. The van der Waals surface area contributed by atoms with Crippen molar-refractivity contribution in [1.82, 2.24) is 25.0 Å². The van der Waals surface area contributed by atoms with Gasteiger partial charge in [0, 0.05) is 6.04 Å². The maximum Gasteiger partial charge on any atom is 0.233 e. The van der Waals surface area contributed by atoms with Crippen LogP contribution >= 0.6 is 11.8 Å². The SMILES string of the molecule is CC[C@H](c1nnc(S[C@H](C)C(=O)NC2CCCCC2)n1Cc1ccccc1)N(C)C. The molecular weight excluding hydrogens is 394 g/mol. The fraction of sp³-hybridized carbons (Fsp3) is 0.609. The van der Waals surface area contributed by atoms with Gasteiger partial charge in [0.25, 0.3) is 0 Å². The second kappa shape index (κ2) is 11.0. The van der Waals surface area contributed by atoms with Crippen LogP contribution in [-0.4, -0.2) is 51.0 Å². The van der Waals surface area contributed by atoms with Gasteiger partial charge in [-0.2, -0.15) is 0 Å². The van der Waals surface area contributed by atoms with Gasteiger partial charge in [-0.15, -0.1) is 10.2 Å². The van der Waals surface area contributed by atoms with Crippen molar-refractivity contribution in [3.63, 3.8) is 0 Å². The highest BCUT2D eigenvalue weighted by molar-refractivity contribution is 8.00. The van der Waals surface area contributed by atoms with E-state index in [9.17, 15) is 4.79 Å². The van der Waals surface area contributed by atoms with Gasteiger partial charge in [-0.1, -0.05) is 68.3 Å². The van der Waals surface area contributed by atoms with Crippen molar-refractivity contribution < 1.29 is 4.79 Å². The van der Waals surface area contributed by atoms with Gasteiger partial charge in [-0.25, -0.2) is 0 Å². The highest BCUT2D eigenvalue weighted by Gasteiger charge is 2.26. The van der Waals surface area contributed by atoms with Crippen LogP contribution in [0.1, 0.15) is 69.8 Å². The molecule has 6 nitrogen and oxygen atoms in total. The summed E-state index contributed by atoms with van der Waals surface area (Å²) in [6.07, 6.45) is 6.85. The molecule has 1 heterocycles. The number of aromatic nitrogens is 3. The lowest BCUT2D eigenvalue weighted by Crippen LogP contribution is -2.40. The van der Waals surface area contributed by atoms with Crippen molar-refractivity contribution in [1.29, 1.82) is 0 Å². The monoisotopic (exact) mass is 429 g/mol. The minimum absolute atomic E-state index is 0.0994. The summed E-state index contributed by atoms with van der Waals surface area (Å²) in [7, 11) is 4.14. The molecule has 0 unspecified atom stereocenters. The van der Waals surface area contributed by atoms with E-state index in [-0.39, 0.29) is 17.2 Å². The first-order valence-corrected chi connectivity index (χ1v) is 12.0. The summed E-state index contributed by atoms with van der Waals surface area (Å²) in [6.45, 7) is 4.83. The molecule has 1 amide bonds. The van der Waals surface area contributed by atoms with E-state index < -0.39 is 0 Å². The van der Waals surface area contributed by atoms with Gasteiger partial charge >= 0.3 is 0 Å². The minimum Gasteiger partial charge on any atom is -0.352 e. The summed E-state index contributed by atoms with van der Waals surface area (Å²) >= 11 is 1.51. The Kier molecular flexibility index (Phi) is 8.33. The van der Waals surface area contributed by atoms with E-state index in [0.29, 0.717) is 12.6 Å². The van der Waals surface area contributed by atoms with Gasteiger partial charge in [-0.05, 0) is 45.8 Å². The fourth-order valence-electron chi connectivity index (χ4n) is 4.10. The Morgan fingerprint density at radius 3 is 2.53 bits per heavy atom. The number of hydrogen-bond donors (Lipinski definition) is 1. The van der Waals surface area contributed by atoms with Crippen molar-refractivity contribution in [2.24, 2.45) is 0 Å². The lowest BCUT2D eigenvalue weighted by atomic mass is 9.95. The van der Waals surface area contributed by atoms with E-state index in [1.165, 1.54) is 36.6 Å². The molecule has 7 heteroatoms. The number of thioether (sulfide) groups is 1. The quantitative estimate of drug-likeness (QED) is 0.603. The van der Waals surface area contributed by atoms with Gasteiger partial charge in [0.2, 0.25) is 5.91 Å². The Bertz CT molecular complexity index is 801. The van der Waals surface area contributed by atoms with Gasteiger partial charge in [-0.3, -0.25) is 9.69 Å². The lowest BCUT2D eigenvalue weighted by Gasteiger charge is -2.25. The molecule has 0 aliphatic heterocycles. The molecule has 1 aromatic heterocycles. The summed E-state index contributed by atoms with van der Waals surface area (Å²) in [5.74, 6) is 1.05. The largest absolute Gasteiger partial charge is 0.352 e. The molecule has 1 N–H and O–H groups in total. The molecule has 1 fully saturated rings. The summed E-state index contributed by atoms with van der Waals surface area (Å²) in [6, 6.07) is 10.9. The Labute approximate surface area is 184 Å². The smallest absolute Gasteiger partial charge is 0.233 e. The molecule has 0 spiro atoms. The zero-order chi connectivity index (χ0) is 21.5. The van der Waals surface area contributed by atoms with Crippen LogP contribution in [0.15, 0.2) is 35.5 Å². The highest BCUT2D eigenvalue weighted by Crippen LogP contribution is 2.29. The Balaban J connectivity index is 1.78. The number of nitrogens with one attached hydrogen (secondary N) is 1. The first-order chi connectivity index (χ1) is 14.5. The standard InChI is InChI=1S/C23H35N5OS/c1-5-20(27(3)4)21-25-26-23(28(21)16-18-12-8-6-9-13-18)30-17(2)22(29)24-19-14-10-7-11-15-19/h6,8-9,12-13,17,19-20H,5,7,10-11,14-16H2,1-4H3,(H,24,29)/t17-,20-/m1/s1. The van der Waals surface area contributed by atoms with Crippen LogP contribution in [0.2, 0.25) is 0 Å². The third-order valence-electron chi connectivity index (χ3n) is 5.84. The van der Waals surface area contributed by atoms with Gasteiger partial charge in [0.1, 0.15) is 0 Å². The molecule has 0 saturated heterocycles. The van der Waals surface area contributed by atoms with E-state index in [2.05, 4.69) is 70.3 Å². The predicted octanol–water partition coefficient (Wildman–Crippen LogP) is 4.27. The fourth-order valence-corrected chi connectivity index (χ4v) is 4.97. The van der Waals surface area contributed by atoms with E-state index in [1.807, 2.05) is 13.0 Å².